The zero-order valence-electron chi connectivity index (χ0n) is 14.1. The van der Waals surface area contributed by atoms with Crippen molar-refractivity contribution in [2.24, 2.45) is 28.6 Å². The van der Waals surface area contributed by atoms with Crippen LogP contribution in [0.5, 0.6) is 0 Å². The van der Waals surface area contributed by atoms with E-state index in [2.05, 4.69) is 19.9 Å². The second-order valence-corrected chi connectivity index (χ2v) is 9.43. The molecule has 122 valence electrons. The molecule has 2 nitrogen and oxygen atoms in total. The zero-order chi connectivity index (χ0) is 15.2. The second kappa shape index (κ2) is 4.19. The summed E-state index contributed by atoms with van der Waals surface area (Å²) in [7, 11) is 0. The summed E-state index contributed by atoms with van der Waals surface area (Å²) in [6.07, 6.45) is 12.3. The van der Waals surface area contributed by atoms with Gasteiger partial charge in [-0.05, 0) is 74.5 Å². The van der Waals surface area contributed by atoms with Crippen LogP contribution in [0.15, 0.2) is 11.6 Å². The number of aliphatic hydroxyl groups is 1. The highest BCUT2D eigenvalue weighted by Gasteiger charge is 2.69. The minimum absolute atomic E-state index is 0.0839. The number of fused-ring (bicyclic) bond motifs is 6. The van der Waals surface area contributed by atoms with Crippen molar-refractivity contribution in [1.82, 2.24) is 0 Å². The fourth-order valence-corrected chi connectivity index (χ4v) is 7.30. The molecule has 1 saturated heterocycles. The van der Waals surface area contributed by atoms with Gasteiger partial charge in [0.1, 0.15) is 0 Å². The molecule has 4 fully saturated rings. The van der Waals surface area contributed by atoms with E-state index in [-0.39, 0.29) is 11.7 Å². The van der Waals surface area contributed by atoms with Crippen molar-refractivity contribution >= 4 is 0 Å². The maximum atomic E-state index is 10.1. The quantitative estimate of drug-likeness (QED) is 0.540. The summed E-state index contributed by atoms with van der Waals surface area (Å²) in [5.41, 5.74) is 2.69. The van der Waals surface area contributed by atoms with Crippen LogP contribution in [0.2, 0.25) is 0 Å². The average Bonchev–Trinajstić information content (AvgIpc) is 3.22. The molecule has 0 bridgehead atoms. The monoisotopic (exact) mass is 302 g/mol. The molecule has 5 aliphatic rings. The first-order valence-electron chi connectivity index (χ1n) is 9.50. The van der Waals surface area contributed by atoms with Gasteiger partial charge in [0.15, 0.2) is 0 Å². The van der Waals surface area contributed by atoms with Gasteiger partial charge in [0.2, 0.25) is 0 Å². The Morgan fingerprint density at radius 3 is 2.64 bits per heavy atom. The fourth-order valence-electron chi connectivity index (χ4n) is 7.30. The highest BCUT2D eigenvalue weighted by Crippen LogP contribution is 2.70. The predicted molar refractivity (Wildman–Crippen MR) is 86.4 cm³/mol. The number of ether oxygens (including phenoxy) is 1. The van der Waals surface area contributed by atoms with Gasteiger partial charge in [0, 0.05) is 5.41 Å². The van der Waals surface area contributed by atoms with E-state index >= 15 is 0 Å². The largest absolute Gasteiger partial charge is 0.393 e. The lowest BCUT2D eigenvalue weighted by atomic mass is 9.47. The molecule has 1 aliphatic heterocycles. The Kier molecular flexibility index (Phi) is 2.67. The van der Waals surface area contributed by atoms with Gasteiger partial charge in [0.05, 0.1) is 18.3 Å². The molecule has 0 amide bonds. The lowest BCUT2D eigenvalue weighted by Gasteiger charge is -2.57. The average molecular weight is 302 g/mol. The van der Waals surface area contributed by atoms with E-state index in [0.717, 1.165) is 37.2 Å². The molecule has 7 atom stereocenters. The van der Waals surface area contributed by atoms with Crippen molar-refractivity contribution in [3.8, 4) is 0 Å². The SMILES string of the molecule is C[C@]12CC[C@H](O)CC1=CC[C@@H]1[C@H]3CC[C@@]4(CO4)[C@@]3(C)CC[C@@H]12. The lowest BCUT2D eigenvalue weighted by molar-refractivity contribution is -0.0556. The molecule has 0 aromatic heterocycles. The maximum Gasteiger partial charge on any atom is 0.0972 e. The zero-order valence-corrected chi connectivity index (χ0v) is 14.1. The molecule has 1 heterocycles. The topological polar surface area (TPSA) is 32.8 Å². The van der Waals surface area contributed by atoms with E-state index in [9.17, 15) is 5.11 Å². The summed E-state index contributed by atoms with van der Waals surface area (Å²) in [4.78, 5) is 0. The first kappa shape index (κ1) is 14.0. The third kappa shape index (κ3) is 1.54. The summed E-state index contributed by atoms with van der Waals surface area (Å²) in [6.45, 7) is 6.09. The molecule has 2 heteroatoms. The van der Waals surface area contributed by atoms with E-state index < -0.39 is 0 Å². The molecule has 4 aliphatic carbocycles. The number of epoxide rings is 1. The summed E-state index contributed by atoms with van der Waals surface area (Å²) < 4.78 is 6.01. The lowest BCUT2D eigenvalue weighted by Crippen LogP contribution is -2.51. The van der Waals surface area contributed by atoms with E-state index in [0.29, 0.717) is 10.8 Å². The predicted octanol–water partition coefficient (Wildman–Crippen LogP) is 4.08. The van der Waals surface area contributed by atoms with Crippen LogP contribution in [0.4, 0.5) is 0 Å². The van der Waals surface area contributed by atoms with E-state index in [1.165, 1.54) is 38.5 Å². The normalized spacial score (nSPS) is 59.5. The summed E-state index contributed by atoms with van der Waals surface area (Å²) in [5.74, 6) is 2.59. The maximum absolute atomic E-state index is 10.1. The van der Waals surface area contributed by atoms with Crippen molar-refractivity contribution in [2.75, 3.05) is 6.61 Å². The minimum Gasteiger partial charge on any atom is -0.393 e. The van der Waals surface area contributed by atoms with Crippen molar-refractivity contribution in [2.45, 2.75) is 76.9 Å². The Hall–Kier alpha value is -0.340. The molecular weight excluding hydrogens is 272 g/mol. The Morgan fingerprint density at radius 2 is 1.86 bits per heavy atom. The first-order chi connectivity index (χ1) is 10.5. The Bertz CT molecular complexity index is 534. The van der Waals surface area contributed by atoms with Crippen LogP contribution < -0.4 is 0 Å². The van der Waals surface area contributed by atoms with Gasteiger partial charge in [0.25, 0.3) is 0 Å². The van der Waals surface area contributed by atoms with Crippen LogP contribution in [-0.2, 0) is 4.74 Å². The van der Waals surface area contributed by atoms with Gasteiger partial charge in [-0.2, -0.15) is 0 Å². The summed E-state index contributed by atoms with van der Waals surface area (Å²) >= 11 is 0. The third-order valence-electron chi connectivity index (χ3n) is 8.86. The highest BCUT2D eigenvalue weighted by atomic mass is 16.6. The van der Waals surface area contributed by atoms with Crippen LogP contribution in [0, 0.1) is 28.6 Å². The van der Waals surface area contributed by atoms with Crippen LogP contribution in [0.3, 0.4) is 0 Å². The van der Waals surface area contributed by atoms with Gasteiger partial charge in [-0.3, -0.25) is 0 Å². The first-order valence-corrected chi connectivity index (χ1v) is 9.50. The third-order valence-corrected chi connectivity index (χ3v) is 8.86. The van der Waals surface area contributed by atoms with Crippen molar-refractivity contribution < 1.29 is 9.84 Å². The Morgan fingerprint density at radius 1 is 1.09 bits per heavy atom. The molecule has 22 heavy (non-hydrogen) atoms. The summed E-state index contributed by atoms with van der Waals surface area (Å²) in [5, 5.41) is 10.1. The number of hydrogen-bond acceptors (Lipinski definition) is 2. The van der Waals surface area contributed by atoms with E-state index in [1.807, 2.05) is 0 Å². The molecule has 0 aromatic rings. The van der Waals surface area contributed by atoms with Crippen LogP contribution in [0.25, 0.3) is 0 Å². The van der Waals surface area contributed by atoms with Gasteiger partial charge in [-0.15, -0.1) is 0 Å². The van der Waals surface area contributed by atoms with Gasteiger partial charge < -0.3 is 9.84 Å². The van der Waals surface area contributed by atoms with Gasteiger partial charge in [-0.25, -0.2) is 0 Å². The standard InChI is InChI=1S/C20H30O2/c1-18-8-5-14(21)11-13(18)3-4-15-16(18)6-9-19(2)17(15)7-10-20(19)12-22-20/h3,14-17,21H,4-12H2,1-2H3/t14-,15-,16-,17+,18-,19-,20+/m0/s1. The molecule has 5 rings (SSSR count). The number of aliphatic hydroxyl groups excluding tert-OH is 1. The fraction of sp³-hybridized carbons (Fsp3) is 0.900. The highest BCUT2D eigenvalue weighted by molar-refractivity contribution is 5.27. The van der Waals surface area contributed by atoms with Gasteiger partial charge in [-0.1, -0.05) is 25.5 Å². The second-order valence-electron chi connectivity index (χ2n) is 9.43. The molecule has 0 unspecified atom stereocenters. The Labute approximate surface area is 134 Å². The number of allylic oxidation sites excluding steroid dienone is 1. The molecule has 1 N–H and O–H groups in total. The van der Waals surface area contributed by atoms with Crippen LogP contribution in [0.1, 0.15) is 65.2 Å². The van der Waals surface area contributed by atoms with E-state index in [1.54, 1.807) is 5.57 Å². The molecule has 1 spiro atoms. The molecule has 3 saturated carbocycles. The van der Waals surface area contributed by atoms with Crippen LogP contribution in [-0.4, -0.2) is 23.4 Å². The molecular formula is C20H30O2. The smallest absolute Gasteiger partial charge is 0.0972 e. The number of rotatable bonds is 0. The van der Waals surface area contributed by atoms with Crippen molar-refractivity contribution in [3.63, 3.8) is 0 Å². The molecule has 0 radical (unpaired) electrons. The molecule has 0 aromatic carbocycles. The van der Waals surface area contributed by atoms with Gasteiger partial charge >= 0.3 is 0 Å². The van der Waals surface area contributed by atoms with E-state index in [4.69, 9.17) is 4.74 Å². The van der Waals surface area contributed by atoms with Crippen LogP contribution >= 0.6 is 0 Å². The Balaban J connectivity index is 1.51. The summed E-state index contributed by atoms with van der Waals surface area (Å²) in [6, 6.07) is 0. The van der Waals surface area contributed by atoms with Crippen molar-refractivity contribution in [3.05, 3.63) is 11.6 Å². The van der Waals surface area contributed by atoms with Crippen molar-refractivity contribution in [1.29, 1.82) is 0 Å². The minimum atomic E-state index is -0.0839. The number of hydrogen-bond donors (Lipinski definition) is 1.